The average Bonchev–Trinajstić information content (AvgIpc) is 2.42. The summed E-state index contributed by atoms with van der Waals surface area (Å²) in [5.74, 6) is -0.183. The Morgan fingerprint density at radius 2 is 1.84 bits per heavy atom. The van der Waals surface area contributed by atoms with Gasteiger partial charge in [0.15, 0.2) is 0 Å². The number of allylic oxidation sites excluding steroid dienone is 2. The standard InChI is InChI=1S/C16H22O3/c1-2-3-4-5-6-7-8-13-19-15-11-9-14(10-12-15)16(17)18/h4-5,9-12H,2-3,6-8,13H2,1H3,(H,17,18). The van der Waals surface area contributed by atoms with Gasteiger partial charge in [0.2, 0.25) is 0 Å². The van der Waals surface area contributed by atoms with Crippen LogP contribution in [0.15, 0.2) is 36.4 Å². The van der Waals surface area contributed by atoms with Gasteiger partial charge in [0.25, 0.3) is 0 Å². The van der Waals surface area contributed by atoms with E-state index in [2.05, 4.69) is 19.1 Å². The van der Waals surface area contributed by atoms with E-state index in [1.165, 1.54) is 6.42 Å². The van der Waals surface area contributed by atoms with Crippen LogP contribution in [0.1, 0.15) is 49.4 Å². The molecule has 0 aliphatic heterocycles. The van der Waals surface area contributed by atoms with E-state index in [9.17, 15) is 4.79 Å². The molecule has 0 spiro atoms. The molecule has 0 unspecified atom stereocenters. The zero-order chi connectivity index (χ0) is 13.9. The minimum Gasteiger partial charge on any atom is -0.494 e. The Kier molecular flexibility index (Phi) is 7.40. The fourth-order valence-corrected chi connectivity index (χ4v) is 1.65. The van der Waals surface area contributed by atoms with Gasteiger partial charge < -0.3 is 9.84 Å². The molecule has 0 saturated heterocycles. The molecular weight excluding hydrogens is 240 g/mol. The molecule has 19 heavy (non-hydrogen) atoms. The second-order valence-corrected chi connectivity index (χ2v) is 4.43. The lowest BCUT2D eigenvalue weighted by Crippen LogP contribution is -1.99. The van der Waals surface area contributed by atoms with E-state index in [1.807, 2.05) is 0 Å². The van der Waals surface area contributed by atoms with Crippen molar-refractivity contribution in [3.8, 4) is 5.75 Å². The summed E-state index contributed by atoms with van der Waals surface area (Å²) < 4.78 is 5.55. The number of aromatic carboxylic acids is 1. The number of rotatable bonds is 9. The molecule has 104 valence electrons. The maximum Gasteiger partial charge on any atom is 0.335 e. The highest BCUT2D eigenvalue weighted by Crippen LogP contribution is 2.12. The van der Waals surface area contributed by atoms with E-state index < -0.39 is 5.97 Å². The van der Waals surface area contributed by atoms with Gasteiger partial charge >= 0.3 is 5.97 Å². The first-order valence-corrected chi connectivity index (χ1v) is 6.85. The summed E-state index contributed by atoms with van der Waals surface area (Å²) in [6.07, 6.45) is 10.0. The first kappa shape index (κ1) is 15.3. The van der Waals surface area contributed by atoms with E-state index in [0.717, 1.165) is 31.4 Å². The summed E-state index contributed by atoms with van der Waals surface area (Å²) >= 11 is 0. The lowest BCUT2D eigenvalue weighted by Gasteiger charge is -2.05. The van der Waals surface area contributed by atoms with Gasteiger partial charge in [-0.3, -0.25) is 0 Å². The highest BCUT2D eigenvalue weighted by molar-refractivity contribution is 5.87. The van der Waals surface area contributed by atoms with Crippen LogP contribution >= 0.6 is 0 Å². The molecule has 0 radical (unpaired) electrons. The molecule has 0 atom stereocenters. The summed E-state index contributed by atoms with van der Waals surface area (Å²) in [5.41, 5.74) is 0.286. The minimum atomic E-state index is -0.912. The molecule has 0 fully saturated rings. The lowest BCUT2D eigenvalue weighted by atomic mass is 10.2. The van der Waals surface area contributed by atoms with Gasteiger partial charge in [-0.1, -0.05) is 25.5 Å². The van der Waals surface area contributed by atoms with E-state index in [4.69, 9.17) is 9.84 Å². The molecule has 0 aliphatic carbocycles. The zero-order valence-electron chi connectivity index (χ0n) is 11.5. The Balaban J connectivity index is 2.14. The van der Waals surface area contributed by atoms with Crippen molar-refractivity contribution in [2.45, 2.75) is 39.0 Å². The summed E-state index contributed by atoms with van der Waals surface area (Å²) in [4.78, 5) is 10.7. The number of hydrogen-bond acceptors (Lipinski definition) is 2. The molecular formula is C16H22O3. The molecule has 1 aromatic carbocycles. The number of benzene rings is 1. The van der Waals surface area contributed by atoms with Crippen molar-refractivity contribution >= 4 is 5.97 Å². The third kappa shape index (κ3) is 6.65. The maximum atomic E-state index is 10.7. The predicted molar refractivity (Wildman–Crippen MR) is 76.8 cm³/mol. The minimum absolute atomic E-state index is 0.286. The van der Waals surface area contributed by atoms with Crippen molar-refractivity contribution in [3.63, 3.8) is 0 Å². The van der Waals surface area contributed by atoms with Crippen LogP contribution < -0.4 is 4.74 Å². The SMILES string of the molecule is CCCC=CCCCCOc1ccc(C(=O)O)cc1. The first-order chi connectivity index (χ1) is 9.24. The normalized spacial score (nSPS) is 10.8. The number of carbonyl (C=O) groups is 1. The Bertz CT molecular complexity index is 393. The molecule has 0 heterocycles. The first-order valence-electron chi connectivity index (χ1n) is 6.85. The Morgan fingerprint density at radius 3 is 2.47 bits per heavy atom. The van der Waals surface area contributed by atoms with Crippen molar-refractivity contribution in [2.75, 3.05) is 6.61 Å². The van der Waals surface area contributed by atoms with Crippen LogP contribution in [0.3, 0.4) is 0 Å². The Labute approximate surface area is 114 Å². The monoisotopic (exact) mass is 262 g/mol. The van der Waals surface area contributed by atoms with Crippen molar-refractivity contribution in [2.24, 2.45) is 0 Å². The quantitative estimate of drug-likeness (QED) is 0.533. The van der Waals surface area contributed by atoms with Gasteiger partial charge in [-0.05, 0) is 49.9 Å². The van der Waals surface area contributed by atoms with Crippen LogP contribution in [0.2, 0.25) is 0 Å². The average molecular weight is 262 g/mol. The fraction of sp³-hybridized carbons (Fsp3) is 0.438. The van der Waals surface area contributed by atoms with Crippen molar-refractivity contribution in [3.05, 3.63) is 42.0 Å². The largest absolute Gasteiger partial charge is 0.494 e. The van der Waals surface area contributed by atoms with Crippen LogP contribution in [-0.4, -0.2) is 17.7 Å². The van der Waals surface area contributed by atoms with Crippen LogP contribution in [0.25, 0.3) is 0 Å². The number of carboxylic acid groups (broad SMARTS) is 1. The van der Waals surface area contributed by atoms with Gasteiger partial charge in [-0.15, -0.1) is 0 Å². The summed E-state index contributed by atoms with van der Waals surface area (Å²) in [7, 11) is 0. The lowest BCUT2D eigenvalue weighted by molar-refractivity contribution is 0.0697. The zero-order valence-corrected chi connectivity index (χ0v) is 11.5. The molecule has 0 aliphatic rings. The molecule has 1 aromatic rings. The van der Waals surface area contributed by atoms with Crippen LogP contribution in [0, 0.1) is 0 Å². The van der Waals surface area contributed by atoms with Gasteiger partial charge in [-0.25, -0.2) is 4.79 Å². The predicted octanol–water partition coefficient (Wildman–Crippen LogP) is 4.29. The van der Waals surface area contributed by atoms with Crippen molar-refractivity contribution in [1.82, 2.24) is 0 Å². The number of unbranched alkanes of at least 4 members (excludes halogenated alkanes) is 3. The number of ether oxygens (including phenoxy) is 1. The molecule has 1 rings (SSSR count). The van der Waals surface area contributed by atoms with E-state index >= 15 is 0 Å². The van der Waals surface area contributed by atoms with Gasteiger partial charge in [0, 0.05) is 0 Å². The highest BCUT2D eigenvalue weighted by atomic mass is 16.5. The van der Waals surface area contributed by atoms with Gasteiger partial charge in [0.1, 0.15) is 5.75 Å². The molecule has 1 N–H and O–H groups in total. The summed E-state index contributed by atoms with van der Waals surface area (Å²) in [5, 5.41) is 8.76. The second kappa shape index (κ2) is 9.20. The van der Waals surface area contributed by atoms with Gasteiger partial charge in [0.05, 0.1) is 12.2 Å². The Hall–Kier alpha value is -1.77. The fourth-order valence-electron chi connectivity index (χ4n) is 1.65. The molecule has 0 bridgehead atoms. The third-order valence-electron chi connectivity index (χ3n) is 2.76. The molecule has 3 nitrogen and oxygen atoms in total. The topological polar surface area (TPSA) is 46.5 Å². The number of hydrogen-bond donors (Lipinski definition) is 1. The van der Waals surface area contributed by atoms with Crippen LogP contribution in [0.5, 0.6) is 5.75 Å². The van der Waals surface area contributed by atoms with E-state index in [0.29, 0.717) is 6.61 Å². The summed E-state index contributed by atoms with van der Waals surface area (Å²) in [6.45, 7) is 2.85. The van der Waals surface area contributed by atoms with Crippen molar-refractivity contribution in [1.29, 1.82) is 0 Å². The Morgan fingerprint density at radius 1 is 1.16 bits per heavy atom. The van der Waals surface area contributed by atoms with E-state index in [1.54, 1.807) is 24.3 Å². The highest BCUT2D eigenvalue weighted by Gasteiger charge is 2.01. The van der Waals surface area contributed by atoms with Crippen LogP contribution in [-0.2, 0) is 0 Å². The van der Waals surface area contributed by atoms with Crippen molar-refractivity contribution < 1.29 is 14.6 Å². The number of carboxylic acids is 1. The summed E-state index contributed by atoms with van der Waals surface area (Å²) in [6, 6.07) is 6.52. The molecule has 0 aromatic heterocycles. The van der Waals surface area contributed by atoms with Gasteiger partial charge in [-0.2, -0.15) is 0 Å². The second-order valence-electron chi connectivity index (χ2n) is 4.43. The molecule has 3 heteroatoms. The van der Waals surface area contributed by atoms with E-state index in [-0.39, 0.29) is 5.56 Å². The maximum absolute atomic E-state index is 10.7. The molecule has 0 amide bonds. The van der Waals surface area contributed by atoms with Crippen LogP contribution in [0.4, 0.5) is 0 Å². The third-order valence-corrected chi connectivity index (χ3v) is 2.76. The smallest absolute Gasteiger partial charge is 0.335 e. The molecule has 0 saturated carbocycles.